The molecule has 3 aromatic rings. The van der Waals surface area contributed by atoms with E-state index in [2.05, 4.69) is 10.3 Å². The first-order valence-electron chi connectivity index (χ1n) is 9.59. The van der Waals surface area contributed by atoms with E-state index in [1.54, 1.807) is 37.6 Å². The Morgan fingerprint density at radius 3 is 2.47 bits per heavy atom. The number of anilines is 1. The molecule has 0 bridgehead atoms. The minimum absolute atomic E-state index is 0.190. The van der Waals surface area contributed by atoms with Crippen LogP contribution < -0.4 is 26.0 Å². The third-order valence-corrected chi connectivity index (χ3v) is 4.72. The van der Waals surface area contributed by atoms with Crippen LogP contribution in [0, 0.1) is 0 Å². The van der Waals surface area contributed by atoms with Crippen LogP contribution in [0.5, 0.6) is 11.5 Å². The number of hydrogen-bond acceptors (Lipinski definition) is 6. The molecule has 2 aromatic heterocycles. The van der Waals surface area contributed by atoms with Gasteiger partial charge in [-0.3, -0.25) is 14.2 Å². The molecular formula is C21H24N4O5. The summed E-state index contributed by atoms with van der Waals surface area (Å²) in [6.07, 6.45) is 2.21. The number of benzene rings is 1. The Morgan fingerprint density at radius 2 is 1.87 bits per heavy atom. The standard InChI is InChI=1S/C21H24N4O5/c1-5-13-11-22-19-17(18(13)30-6-2)20(27)25(21(28)24(19)3)12-16(26)23-14-7-9-15(29-4)10-8-14/h7-11H,5-6,12H2,1-4H3,(H,23,26). The summed E-state index contributed by atoms with van der Waals surface area (Å²) in [5, 5.41) is 2.87. The zero-order valence-corrected chi connectivity index (χ0v) is 17.4. The minimum atomic E-state index is -0.628. The number of carbonyl (C=O) groups excluding carboxylic acids is 1. The number of aryl methyl sites for hydroxylation is 2. The van der Waals surface area contributed by atoms with Gasteiger partial charge >= 0.3 is 5.69 Å². The average Bonchev–Trinajstić information content (AvgIpc) is 2.75. The first kappa shape index (κ1) is 21.1. The van der Waals surface area contributed by atoms with Crippen molar-refractivity contribution in [3.63, 3.8) is 0 Å². The Balaban J connectivity index is 2.04. The van der Waals surface area contributed by atoms with Crippen LogP contribution in [0.3, 0.4) is 0 Å². The SMILES string of the molecule is CCOc1c(CC)cnc2c1c(=O)n(CC(=O)Nc1ccc(OC)cc1)c(=O)n2C. The van der Waals surface area contributed by atoms with Gasteiger partial charge in [0, 0.05) is 24.5 Å². The summed E-state index contributed by atoms with van der Waals surface area (Å²) < 4.78 is 12.9. The van der Waals surface area contributed by atoms with E-state index in [1.165, 1.54) is 11.6 Å². The summed E-state index contributed by atoms with van der Waals surface area (Å²) in [5.74, 6) is 0.543. The number of ether oxygens (including phenoxy) is 2. The van der Waals surface area contributed by atoms with Crippen LogP contribution in [0.1, 0.15) is 19.4 Å². The Kier molecular flexibility index (Phi) is 6.20. The van der Waals surface area contributed by atoms with Crippen LogP contribution in [0.25, 0.3) is 11.0 Å². The van der Waals surface area contributed by atoms with Gasteiger partial charge in [0.2, 0.25) is 5.91 Å². The highest BCUT2D eigenvalue weighted by Gasteiger charge is 2.20. The van der Waals surface area contributed by atoms with Crippen LogP contribution in [0.15, 0.2) is 40.1 Å². The molecule has 0 aliphatic rings. The maximum Gasteiger partial charge on any atom is 0.332 e. The van der Waals surface area contributed by atoms with E-state index >= 15 is 0 Å². The lowest BCUT2D eigenvalue weighted by molar-refractivity contribution is -0.116. The molecule has 0 atom stereocenters. The summed E-state index contributed by atoms with van der Waals surface area (Å²) in [5.41, 5.74) is 0.268. The molecule has 0 radical (unpaired) electrons. The van der Waals surface area contributed by atoms with Gasteiger partial charge in [0.15, 0.2) is 5.65 Å². The molecule has 1 aromatic carbocycles. The maximum absolute atomic E-state index is 13.2. The number of methoxy groups -OCH3 is 1. The summed E-state index contributed by atoms with van der Waals surface area (Å²) in [4.78, 5) is 42.7. The Hall–Kier alpha value is -3.62. The van der Waals surface area contributed by atoms with Crippen LogP contribution in [0.4, 0.5) is 5.69 Å². The summed E-state index contributed by atoms with van der Waals surface area (Å²) in [6.45, 7) is 3.66. The number of pyridine rings is 1. The third kappa shape index (κ3) is 3.91. The van der Waals surface area contributed by atoms with E-state index in [0.29, 0.717) is 30.2 Å². The van der Waals surface area contributed by atoms with E-state index in [0.717, 1.165) is 10.1 Å². The predicted molar refractivity (Wildman–Crippen MR) is 113 cm³/mol. The van der Waals surface area contributed by atoms with E-state index < -0.39 is 23.7 Å². The van der Waals surface area contributed by atoms with Crippen molar-refractivity contribution >= 4 is 22.6 Å². The molecule has 0 unspecified atom stereocenters. The Morgan fingerprint density at radius 1 is 1.17 bits per heavy atom. The van der Waals surface area contributed by atoms with Gasteiger partial charge in [-0.1, -0.05) is 6.92 Å². The van der Waals surface area contributed by atoms with Crippen molar-refractivity contribution in [2.45, 2.75) is 26.8 Å². The quantitative estimate of drug-likeness (QED) is 0.633. The molecule has 0 aliphatic heterocycles. The fourth-order valence-electron chi connectivity index (χ4n) is 3.18. The highest BCUT2D eigenvalue weighted by Crippen LogP contribution is 2.25. The lowest BCUT2D eigenvalue weighted by Crippen LogP contribution is -2.42. The van der Waals surface area contributed by atoms with Crippen LogP contribution >= 0.6 is 0 Å². The molecule has 2 heterocycles. The second-order valence-electron chi connectivity index (χ2n) is 6.61. The van der Waals surface area contributed by atoms with Gasteiger partial charge in [0.25, 0.3) is 5.56 Å². The molecule has 9 nitrogen and oxygen atoms in total. The van der Waals surface area contributed by atoms with Crippen molar-refractivity contribution in [2.75, 3.05) is 19.0 Å². The van der Waals surface area contributed by atoms with Crippen LogP contribution in [-0.2, 0) is 24.8 Å². The third-order valence-electron chi connectivity index (χ3n) is 4.72. The molecule has 1 N–H and O–H groups in total. The predicted octanol–water partition coefficient (Wildman–Crippen LogP) is 1.70. The number of nitrogens with one attached hydrogen (secondary N) is 1. The average molecular weight is 412 g/mol. The van der Waals surface area contributed by atoms with Gasteiger partial charge in [-0.15, -0.1) is 0 Å². The largest absolute Gasteiger partial charge is 0.497 e. The van der Waals surface area contributed by atoms with Gasteiger partial charge in [0.1, 0.15) is 23.4 Å². The summed E-state index contributed by atoms with van der Waals surface area (Å²) in [7, 11) is 3.06. The highest BCUT2D eigenvalue weighted by molar-refractivity contribution is 5.91. The number of carbonyl (C=O) groups is 1. The van der Waals surface area contributed by atoms with Crippen molar-refractivity contribution in [3.05, 3.63) is 56.9 Å². The molecule has 9 heteroatoms. The highest BCUT2D eigenvalue weighted by atomic mass is 16.5. The first-order chi connectivity index (χ1) is 14.4. The van der Waals surface area contributed by atoms with Crippen LogP contribution in [0.2, 0.25) is 0 Å². The molecule has 0 saturated carbocycles. The lowest BCUT2D eigenvalue weighted by Gasteiger charge is -2.15. The van der Waals surface area contributed by atoms with E-state index in [9.17, 15) is 14.4 Å². The van der Waals surface area contributed by atoms with Crippen molar-refractivity contribution in [1.29, 1.82) is 0 Å². The van der Waals surface area contributed by atoms with Crippen molar-refractivity contribution in [1.82, 2.24) is 14.1 Å². The van der Waals surface area contributed by atoms with Crippen molar-refractivity contribution in [3.8, 4) is 11.5 Å². The van der Waals surface area contributed by atoms with Crippen molar-refractivity contribution in [2.24, 2.45) is 7.05 Å². The maximum atomic E-state index is 13.2. The molecule has 0 fully saturated rings. The normalized spacial score (nSPS) is 10.8. The first-order valence-corrected chi connectivity index (χ1v) is 9.59. The van der Waals surface area contributed by atoms with E-state index in [-0.39, 0.29) is 11.0 Å². The molecule has 3 rings (SSSR count). The second-order valence-corrected chi connectivity index (χ2v) is 6.61. The summed E-state index contributed by atoms with van der Waals surface area (Å²) in [6, 6.07) is 6.73. The van der Waals surface area contributed by atoms with Crippen molar-refractivity contribution < 1.29 is 14.3 Å². The minimum Gasteiger partial charge on any atom is -0.497 e. The van der Waals surface area contributed by atoms with Gasteiger partial charge in [0.05, 0.1) is 13.7 Å². The van der Waals surface area contributed by atoms with E-state index in [1.807, 2.05) is 13.8 Å². The smallest absolute Gasteiger partial charge is 0.332 e. The lowest BCUT2D eigenvalue weighted by atomic mass is 10.1. The number of rotatable bonds is 7. The molecule has 0 saturated heterocycles. The monoisotopic (exact) mass is 412 g/mol. The summed E-state index contributed by atoms with van der Waals surface area (Å²) >= 11 is 0. The van der Waals surface area contributed by atoms with E-state index in [4.69, 9.17) is 9.47 Å². The zero-order valence-electron chi connectivity index (χ0n) is 17.4. The number of aromatic nitrogens is 3. The zero-order chi connectivity index (χ0) is 21.8. The van der Waals surface area contributed by atoms with Crippen LogP contribution in [-0.4, -0.2) is 33.7 Å². The molecule has 1 amide bonds. The fraction of sp³-hybridized carbons (Fsp3) is 0.333. The molecule has 0 aliphatic carbocycles. The van der Waals surface area contributed by atoms with Gasteiger partial charge < -0.3 is 14.8 Å². The number of amides is 1. The van der Waals surface area contributed by atoms with Gasteiger partial charge in [-0.2, -0.15) is 0 Å². The van der Waals surface area contributed by atoms with Gasteiger partial charge in [-0.05, 0) is 37.6 Å². The molecule has 158 valence electrons. The fourth-order valence-corrected chi connectivity index (χ4v) is 3.18. The van der Waals surface area contributed by atoms with Gasteiger partial charge in [-0.25, -0.2) is 14.3 Å². The number of nitrogens with zero attached hydrogens (tertiary/aromatic N) is 3. The Labute approximate surface area is 172 Å². The Bertz CT molecular complexity index is 1200. The second kappa shape index (κ2) is 8.81. The number of fused-ring (bicyclic) bond motifs is 1. The number of hydrogen-bond donors (Lipinski definition) is 1. The topological polar surface area (TPSA) is 104 Å². The molecule has 30 heavy (non-hydrogen) atoms. The molecule has 0 spiro atoms. The molecular weight excluding hydrogens is 388 g/mol.